The number of nitrogens with zero attached hydrogens (tertiary/aromatic N) is 3. The zero-order chi connectivity index (χ0) is 45.1. The van der Waals surface area contributed by atoms with Crippen molar-refractivity contribution in [1.82, 2.24) is 19.9 Å². The van der Waals surface area contributed by atoms with E-state index < -0.39 is 0 Å². The van der Waals surface area contributed by atoms with Crippen molar-refractivity contribution in [2.45, 2.75) is 0 Å². The molecule has 0 bridgehead atoms. The molecule has 4 nitrogen and oxygen atoms in total. The lowest BCUT2D eigenvalue weighted by Crippen LogP contribution is -2.00. The smallest absolute Gasteiger partial charge is 0.164 e. The molecule has 0 saturated heterocycles. The Bertz CT molecular complexity index is 4030. The molecular weight excluding hydrogens is 848 g/mol. The van der Waals surface area contributed by atoms with E-state index in [0.29, 0.717) is 22.5 Å². The van der Waals surface area contributed by atoms with Gasteiger partial charge in [-0.3, -0.25) is 0 Å². The van der Waals surface area contributed by atoms with Crippen molar-refractivity contribution in [3.8, 4) is 78.7 Å². The third kappa shape index (κ3) is 6.98. The Balaban J connectivity index is 0.827. The monoisotopic (exact) mass is 886 g/mol. The van der Waals surface area contributed by atoms with Gasteiger partial charge >= 0.3 is 0 Å². The van der Waals surface area contributed by atoms with Crippen LogP contribution in [-0.2, 0) is 0 Å². The molecule has 13 rings (SSSR count). The summed E-state index contributed by atoms with van der Waals surface area (Å²) in [4.78, 5) is 18.8. The number of benzene rings is 11. The second-order valence-corrected chi connectivity index (χ2v) is 17.8. The molecule has 11 aromatic carbocycles. The van der Waals surface area contributed by atoms with Gasteiger partial charge < -0.3 is 4.98 Å². The summed E-state index contributed by atoms with van der Waals surface area (Å²) in [7, 11) is 0. The molecule has 2 aromatic heterocycles. The normalized spacial score (nSPS) is 11.6. The number of aromatic amines is 1. The summed E-state index contributed by atoms with van der Waals surface area (Å²) in [5, 5.41) is 10.8. The van der Waals surface area contributed by atoms with Crippen molar-refractivity contribution in [3.05, 3.63) is 236 Å². The Kier molecular flexibility index (Phi) is 9.52. The van der Waals surface area contributed by atoms with Crippen LogP contribution in [0.2, 0.25) is 5.02 Å². The summed E-state index contributed by atoms with van der Waals surface area (Å²) in [6.45, 7) is 0. The predicted molar refractivity (Wildman–Crippen MR) is 285 cm³/mol. The number of rotatable bonds is 7. The molecule has 0 amide bonds. The van der Waals surface area contributed by atoms with Gasteiger partial charge in [0, 0.05) is 43.6 Å². The highest BCUT2D eigenvalue weighted by Gasteiger charge is 2.16. The van der Waals surface area contributed by atoms with Crippen molar-refractivity contribution in [2.24, 2.45) is 0 Å². The highest BCUT2D eigenvalue weighted by molar-refractivity contribution is 6.30. The van der Waals surface area contributed by atoms with E-state index in [1.54, 1.807) is 0 Å². The number of aromatic nitrogens is 4. The van der Waals surface area contributed by atoms with E-state index in [0.717, 1.165) is 50.0 Å². The summed E-state index contributed by atoms with van der Waals surface area (Å²) >= 11 is 6.16. The number of nitrogens with one attached hydrogen (secondary N) is 1. The lowest BCUT2D eigenvalue weighted by atomic mass is 9.91. The van der Waals surface area contributed by atoms with E-state index in [1.165, 1.54) is 65.3 Å². The number of H-pyrrole nitrogens is 1. The third-order valence-electron chi connectivity index (χ3n) is 13.3. The van der Waals surface area contributed by atoms with Gasteiger partial charge in [-0.05, 0) is 108 Å². The molecule has 0 aliphatic carbocycles. The van der Waals surface area contributed by atoms with Crippen LogP contribution < -0.4 is 0 Å². The number of fused-ring (bicyclic) bond motifs is 9. The fraction of sp³-hybridized carbons (Fsp3) is 0. The Morgan fingerprint density at radius 1 is 0.265 bits per heavy atom. The van der Waals surface area contributed by atoms with Gasteiger partial charge in [-0.15, -0.1) is 0 Å². The lowest BCUT2D eigenvalue weighted by molar-refractivity contribution is 1.07. The molecule has 0 atom stereocenters. The Morgan fingerprint density at radius 3 is 1.29 bits per heavy atom. The van der Waals surface area contributed by atoms with Gasteiger partial charge in [0.25, 0.3) is 0 Å². The average molecular weight is 887 g/mol. The minimum absolute atomic E-state index is 0.618. The number of hydrogen-bond donors (Lipinski definition) is 1. The van der Waals surface area contributed by atoms with Crippen LogP contribution in [0, 0.1) is 0 Å². The molecule has 2 heterocycles. The minimum Gasteiger partial charge on any atom is -0.354 e. The molecule has 0 saturated carbocycles. The molecule has 68 heavy (non-hydrogen) atoms. The van der Waals surface area contributed by atoms with Gasteiger partial charge in [-0.2, -0.15) is 0 Å². The molecule has 0 aliphatic rings. The fourth-order valence-electron chi connectivity index (χ4n) is 9.91. The highest BCUT2D eigenvalue weighted by Crippen LogP contribution is 2.40. The molecule has 0 unspecified atom stereocenters. The Morgan fingerprint density at radius 2 is 0.662 bits per heavy atom. The predicted octanol–water partition coefficient (Wildman–Crippen LogP) is 17.3. The molecule has 5 heteroatoms. The Hall–Kier alpha value is -8.70. The molecule has 0 radical (unpaired) electrons. The third-order valence-corrected chi connectivity index (χ3v) is 13.6. The van der Waals surface area contributed by atoms with Crippen LogP contribution in [0.1, 0.15) is 0 Å². The largest absolute Gasteiger partial charge is 0.354 e. The van der Waals surface area contributed by atoms with Gasteiger partial charge in [0.1, 0.15) is 0 Å². The molecule has 0 spiro atoms. The van der Waals surface area contributed by atoms with E-state index in [2.05, 4.69) is 181 Å². The molecule has 0 aliphatic heterocycles. The van der Waals surface area contributed by atoms with Crippen molar-refractivity contribution in [3.63, 3.8) is 0 Å². The molecule has 0 fully saturated rings. The summed E-state index contributed by atoms with van der Waals surface area (Å²) < 4.78 is 0. The minimum atomic E-state index is 0.618. The second kappa shape index (κ2) is 16.3. The zero-order valence-electron chi connectivity index (χ0n) is 36.7. The lowest BCUT2D eigenvalue weighted by Gasteiger charge is -2.13. The molecular formula is C63H39ClN4. The van der Waals surface area contributed by atoms with E-state index in [-0.39, 0.29) is 0 Å². The molecule has 13 aromatic rings. The van der Waals surface area contributed by atoms with Crippen molar-refractivity contribution < 1.29 is 0 Å². The maximum Gasteiger partial charge on any atom is 0.164 e. The van der Waals surface area contributed by atoms with Crippen LogP contribution in [0.5, 0.6) is 0 Å². The maximum atomic E-state index is 6.16. The topological polar surface area (TPSA) is 54.5 Å². The van der Waals surface area contributed by atoms with Crippen molar-refractivity contribution >= 4 is 65.7 Å². The first-order valence-electron chi connectivity index (χ1n) is 22.9. The first kappa shape index (κ1) is 39.6. The standard InChI is InChI=1S/C63H39ClN4/c64-49-32-28-40(29-33-49)39-20-24-43(25-21-39)62-66-61(42-10-2-1-3-11-42)67-63(68-62)44-26-22-41(23-27-44)46-31-35-59-58(38-46)56-19-9-18-50(60(56)65-59)48-13-8-12-45(36-48)47-30-34-55-53-16-5-4-14-51(53)52-15-6-7-17-54(52)57(55)37-47/h1-38,65H. The van der Waals surface area contributed by atoms with Crippen LogP contribution in [-0.4, -0.2) is 19.9 Å². The number of para-hydroxylation sites is 1. The van der Waals surface area contributed by atoms with E-state index in [9.17, 15) is 0 Å². The first-order valence-corrected chi connectivity index (χ1v) is 23.2. The van der Waals surface area contributed by atoms with E-state index in [1.807, 2.05) is 54.6 Å². The van der Waals surface area contributed by atoms with Gasteiger partial charge in [0.05, 0.1) is 5.52 Å². The van der Waals surface area contributed by atoms with Crippen molar-refractivity contribution in [2.75, 3.05) is 0 Å². The molecule has 1 N–H and O–H groups in total. The van der Waals surface area contributed by atoms with Crippen LogP contribution in [0.25, 0.3) is 133 Å². The molecule has 318 valence electrons. The van der Waals surface area contributed by atoms with Crippen molar-refractivity contribution in [1.29, 1.82) is 0 Å². The highest BCUT2D eigenvalue weighted by atomic mass is 35.5. The quantitative estimate of drug-likeness (QED) is 0.162. The van der Waals surface area contributed by atoms with Crippen LogP contribution in [0.3, 0.4) is 0 Å². The number of halogens is 1. The van der Waals surface area contributed by atoms with Gasteiger partial charge in [-0.25, -0.2) is 15.0 Å². The van der Waals surface area contributed by atoms with E-state index in [4.69, 9.17) is 26.6 Å². The summed E-state index contributed by atoms with van der Waals surface area (Å²) in [5.74, 6) is 1.87. The summed E-state index contributed by atoms with van der Waals surface area (Å²) in [6, 6.07) is 81.5. The second-order valence-electron chi connectivity index (χ2n) is 17.4. The van der Waals surface area contributed by atoms with Gasteiger partial charge in [0.15, 0.2) is 17.5 Å². The zero-order valence-corrected chi connectivity index (χ0v) is 37.4. The summed E-state index contributed by atoms with van der Waals surface area (Å²) in [6.07, 6.45) is 0. The van der Waals surface area contributed by atoms with E-state index >= 15 is 0 Å². The van der Waals surface area contributed by atoms with Gasteiger partial charge in [-0.1, -0.05) is 206 Å². The Labute approximate surface area is 397 Å². The number of hydrogen-bond acceptors (Lipinski definition) is 3. The fourth-order valence-corrected chi connectivity index (χ4v) is 10.0. The maximum absolute atomic E-state index is 6.16. The first-order chi connectivity index (χ1) is 33.6. The van der Waals surface area contributed by atoms with Crippen LogP contribution >= 0.6 is 11.6 Å². The summed E-state index contributed by atoms with van der Waals surface area (Å²) in [5.41, 5.74) is 14.2. The SMILES string of the molecule is Clc1ccc(-c2ccc(-c3nc(-c4ccccc4)nc(-c4ccc(-c5ccc6[nH]c7c(-c8cccc(-c9ccc%10c%11ccccc%11c%11ccccc%11c%10c9)c8)cccc7c6c5)cc4)n3)cc2)cc1. The average Bonchev–Trinajstić information content (AvgIpc) is 3.80. The van der Waals surface area contributed by atoms with Crippen LogP contribution in [0.15, 0.2) is 231 Å². The van der Waals surface area contributed by atoms with Crippen LogP contribution in [0.4, 0.5) is 0 Å². The van der Waals surface area contributed by atoms with Gasteiger partial charge in [0.2, 0.25) is 0 Å².